The number of H-pyrrole nitrogens is 1. The molecule has 0 bridgehead atoms. The van der Waals surface area contributed by atoms with Crippen molar-refractivity contribution in [2.24, 2.45) is 0 Å². The molecule has 3 rings (SSSR count). The van der Waals surface area contributed by atoms with Crippen LogP contribution in [0.1, 0.15) is 21.6 Å². The Bertz CT molecular complexity index is 932. The second kappa shape index (κ2) is 7.94. The van der Waals surface area contributed by atoms with E-state index in [-0.39, 0.29) is 30.3 Å². The molecule has 1 aromatic carbocycles. The zero-order valence-electron chi connectivity index (χ0n) is 14.5. The third-order valence-electron chi connectivity index (χ3n) is 4.14. The summed E-state index contributed by atoms with van der Waals surface area (Å²) in [5.41, 5.74) is -0.502. The average Bonchev–Trinajstić information content (AvgIpc) is 3.17. The fourth-order valence-corrected chi connectivity index (χ4v) is 4.00. The number of aromatic nitrogens is 1. The summed E-state index contributed by atoms with van der Waals surface area (Å²) in [6, 6.07) is 5.37. The van der Waals surface area contributed by atoms with E-state index in [1.54, 1.807) is 0 Å². The van der Waals surface area contributed by atoms with Crippen LogP contribution in [-0.2, 0) is 32.3 Å². The molecule has 1 fully saturated rings. The van der Waals surface area contributed by atoms with Gasteiger partial charge in [0.2, 0.25) is 10.0 Å². The molecule has 1 N–H and O–H groups in total. The molecule has 1 aromatic heterocycles. The zero-order valence-corrected chi connectivity index (χ0v) is 15.3. The number of halogens is 3. The van der Waals surface area contributed by atoms with Gasteiger partial charge in [0.1, 0.15) is 17.2 Å². The van der Waals surface area contributed by atoms with Gasteiger partial charge in [0.05, 0.1) is 18.8 Å². The predicted molar refractivity (Wildman–Crippen MR) is 90.9 cm³/mol. The van der Waals surface area contributed by atoms with Crippen LogP contribution < -0.4 is 0 Å². The summed E-state index contributed by atoms with van der Waals surface area (Å²) in [7, 11) is -3.75. The number of hydrogen-bond acceptors (Lipinski definition) is 5. The van der Waals surface area contributed by atoms with E-state index in [9.17, 15) is 26.4 Å². The number of nitrogens with zero attached hydrogens (tertiary/aromatic N) is 1. The van der Waals surface area contributed by atoms with Gasteiger partial charge in [0.25, 0.3) is 0 Å². The van der Waals surface area contributed by atoms with E-state index in [0.717, 1.165) is 12.1 Å². The van der Waals surface area contributed by atoms with Gasteiger partial charge < -0.3 is 14.5 Å². The number of sulfonamides is 1. The van der Waals surface area contributed by atoms with Crippen molar-refractivity contribution in [3.63, 3.8) is 0 Å². The molecule has 0 atom stereocenters. The van der Waals surface area contributed by atoms with Crippen molar-refractivity contribution in [2.75, 3.05) is 26.3 Å². The summed E-state index contributed by atoms with van der Waals surface area (Å²) in [5.74, 6) is -0.816. The Balaban J connectivity index is 1.63. The predicted octanol–water partition coefficient (Wildman–Crippen LogP) is 2.41. The molecule has 0 amide bonds. The van der Waals surface area contributed by atoms with Crippen molar-refractivity contribution in [3.8, 4) is 0 Å². The Morgan fingerprint density at radius 3 is 2.43 bits per heavy atom. The topological polar surface area (TPSA) is 88.7 Å². The average molecular weight is 418 g/mol. The van der Waals surface area contributed by atoms with Gasteiger partial charge >= 0.3 is 12.1 Å². The lowest BCUT2D eigenvalue weighted by molar-refractivity contribution is -0.137. The quantitative estimate of drug-likeness (QED) is 0.754. The summed E-state index contributed by atoms with van der Waals surface area (Å²) in [5, 5.41) is 0. The van der Waals surface area contributed by atoms with E-state index in [1.807, 2.05) is 0 Å². The van der Waals surface area contributed by atoms with Gasteiger partial charge in [-0.15, -0.1) is 0 Å². The zero-order chi connectivity index (χ0) is 20.4. The first-order valence-electron chi connectivity index (χ1n) is 8.27. The number of rotatable bonds is 5. The number of esters is 1. The molecule has 11 heteroatoms. The lowest BCUT2D eigenvalue weighted by atomic mass is 10.1. The maximum absolute atomic E-state index is 12.5. The highest BCUT2D eigenvalue weighted by Crippen LogP contribution is 2.29. The molecule has 1 aliphatic heterocycles. The fraction of sp³-hybridized carbons (Fsp3) is 0.353. The number of ether oxygens (including phenoxy) is 2. The molecular weight excluding hydrogens is 401 g/mol. The molecule has 0 unspecified atom stereocenters. The van der Waals surface area contributed by atoms with Crippen LogP contribution in [0, 0.1) is 0 Å². The second-order valence-electron chi connectivity index (χ2n) is 6.04. The Morgan fingerprint density at radius 1 is 1.18 bits per heavy atom. The molecule has 2 heterocycles. The molecule has 1 aliphatic rings. The van der Waals surface area contributed by atoms with E-state index in [1.165, 1.54) is 28.7 Å². The molecule has 28 heavy (non-hydrogen) atoms. The fourth-order valence-electron chi connectivity index (χ4n) is 2.59. The Morgan fingerprint density at radius 2 is 1.82 bits per heavy atom. The largest absolute Gasteiger partial charge is 0.456 e. The molecular formula is C17H17F3N2O5S. The highest BCUT2D eigenvalue weighted by atomic mass is 32.2. The maximum atomic E-state index is 12.5. The third-order valence-corrected chi connectivity index (χ3v) is 6.01. The minimum atomic E-state index is -4.44. The highest BCUT2D eigenvalue weighted by molar-refractivity contribution is 7.89. The van der Waals surface area contributed by atoms with Crippen molar-refractivity contribution in [2.45, 2.75) is 17.7 Å². The smallest absolute Gasteiger partial charge is 0.416 e. The van der Waals surface area contributed by atoms with Crippen LogP contribution in [0.2, 0.25) is 0 Å². The van der Waals surface area contributed by atoms with Crippen molar-refractivity contribution in [3.05, 3.63) is 53.3 Å². The first-order chi connectivity index (χ1) is 13.2. The van der Waals surface area contributed by atoms with Crippen LogP contribution in [0.25, 0.3) is 0 Å². The first-order valence-corrected chi connectivity index (χ1v) is 9.71. The summed E-state index contributed by atoms with van der Waals surface area (Å²) < 4.78 is 74.1. The summed E-state index contributed by atoms with van der Waals surface area (Å²) in [6.45, 7) is 0.793. The first kappa shape index (κ1) is 20.4. The number of benzene rings is 1. The van der Waals surface area contributed by atoms with Crippen molar-refractivity contribution in [1.29, 1.82) is 0 Å². The van der Waals surface area contributed by atoms with Crippen LogP contribution in [0.5, 0.6) is 0 Å². The number of carbonyl (C=O) groups excluding carboxylic acids is 1. The third kappa shape index (κ3) is 4.54. The highest BCUT2D eigenvalue weighted by Gasteiger charge is 2.30. The number of hydrogen-bond donors (Lipinski definition) is 1. The molecule has 0 radical (unpaired) electrons. The number of morpholine rings is 1. The minimum Gasteiger partial charge on any atom is -0.456 e. The molecule has 1 saturated heterocycles. The van der Waals surface area contributed by atoms with Crippen molar-refractivity contribution < 1.29 is 35.9 Å². The van der Waals surface area contributed by atoms with Gasteiger partial charge in [0.15, 0.2) is 0 Å². The molecule has 0 spiro atoms. The van der Waals surface area contributed by atoms with E-state index < -0.39 is 27.7 Å². The Labute approximate surface area is 159 Å². The van der Waals surface area contributed by atoms with E-state index in [4.69, 9.17) is 9.47 Å². The summed E-state index contributed by atoms with van der Waals surface area (Å²) in [6.07, 6.45) is -3.25. The molecule has 152 valence electrons. The monoisotopic (exact) mass is 418 g/mol. The van der Waals surface area contributed by atoms with Gasteiger partial charge in [-0.05, 0) is 23.8 Å². The lowest BCUT2D eigenvalue weighted by Gasteiger charge is -2.25. The van der Waals surface area contributed by atoms with Crippen LogP contribution in [0.4, 0.5) is 13.2 Å². The maximum Gasteiger partial charge on any atom is 0.416 e. The number of nitrogens with one attached hydrogen (secondary N) is 1. The van der Waals surface area contributed by atoms with Gasteiger partial charge in [-0.25, -0.2) is 13.2 Å². The SMILES string of the molecule is O=C(OCc1ccc(C(F)(F)F)cc1)c1cc(S(=O)(=O)N2CCOCC2)c[nH]1. The van der Waals surface area contributed by atoms with E-state index in [2.05, 4.69) is 4.98 Å². The van der Waals surface area contributed by atoms with Gasteiger partial charge in [-0.1, -0.05) is 12.1 Å². The lowest BCUT2D eigenvalue weighted by Crippen LogP contribution is -2.40. The summed E-state index contributed by atoms with van der Waals surface area (Å²) >= 11 is 0. The van der Waals surface area contributed by atoms with Crippen LogP contribution in [-0.4, -0.2) is 50.0 Å². The van der Waals surface area contributed by atoms with Gasteiger partial charge in [-0.3, -0.25) is 0 Å². The van der Waals surface area contributed by atoms with Crippen LogP contribution >= 0.6 is 0 Å². The molecule has 0 saturated carbocycles. The number of aromatic amines is 1. The van der Waals surface area contributed by atoms with E-state index >= 15 is 0 Å². The van der Waals surface area contributed by atoms with E-state index in [0.29, 0.717) is 18.8 Å². The minimum absolute atomic E-state index is 0.0706. The van der Waals surface area contributed by atoms with Crippen molar-refractivity contribution >= 4 is 16.0 Å². The molecule has 2 aromatic rings. The van der Waals surface area contributed by atoms with Crippen molar-refractivity contribution in [1.82, 2.24) is 9.29 Å². The Kier molecular flexibility index (Phi) is 5.77. The number of alkyl halides is 3. The van der Waals surface area contributed by atoms with Gasteiger partial charge in [0, 0.05) is 19.3 Å². The van der Waals surface area contributed by atoms with Gasteiger partial charge in [-0.2, -0.15) is 17.5 Å². The Hall–Kier alpha value is -2.37. The summed E-state index contributed by atoms with van der Waals surface area (Å²) in [4.78, 5) is 14.6. The standard InChI is InChI=1S/C17H17F3N2O5S/c18-17(19,20)13-3-1-12(2-4-13)11-27-16(23)15-9-14(10-21-15)28(24,25)22-5-7-26-8-6-22/h1-4,9-10,21H,5-8,11H2. The normalized spacial score (nSPS) is 16.1. The second-order valence-corrected chi connectivity index (χ2v) is 7.97. The molecule has 0 aliphatic carbocycles. The van der Waals surface area contributed by atoms with Crippen LogP contribution in [0.15, 0.2) is 41.4 Å². The number of carbonyl (C=O) groups is 1. The van der Waals surface area contributed by atoms with Crippen LogP contribution in [0.3, 0.4) is 0 Å². The molecule has 7 nitrogen and oxygen atoms in total.